The van der Waals surface area contributed by atoms with Crippen LogP contribution in [0.1, 0.15) is 4.88 Å². The number of rotatable bonds is 3. The minimum absolute atomic E-state index is 0.167. The van der Waals surface area contributed by atoms with Crippen LogP contribution in [0.2, 0.25) is 0 Å². The highest BCUT2D eigenvalue weighted by molar-refractivity contribution is 7.10. The fourth-order valence-corrected chi connectivity index (χ4v) is 2.37. The lowest BCUT2D eigenvalue weighted by molar-refractivity contribution is 0.657. The van der Waals surface area contributed by atoms with Crippen molar-refractivity contribution >= 4 is 11.3 Å². The van der Waals surface area contributed by atoms with Crippen molar-refractivity contribution in [2.24, 2.45) is 0 Å². The van der Waals surface area contributed by atoms with Gasteiger partial charge in [-0.2, -0.15) is 4.39 Å². The zero-order chi connectivity index (χ0) is 11.7. The molecule has 3 rings (SSSR count). The summed E-state index contributed by atoms with van der Waals surface area (Å²) in [5, 5.41) is -0.167. The number of nitrogens with one attached hydrogen (secondary N) is 1. The van der Waals surface area contributed by atoms with Gasteiger partial charge in [-0.1, -0.05) is 0 Å². The second-order valence-electron chi connectivity index (χ2n) is 3.52. The summed E-state index contributed by atoms with van der Waals surface area (Å²) in [6.45, 7) is 0.602. The van der Waals surface area contributed by atoms with Gasteiger partial charge >= 0.3 is 0 Å². The second kappa shape index (κ2) is 4.14. The van der Waals surface area contributed by atoms with Crippen molar-refractivity contribution in [3.63, 3.8) is 0 Å². The Morgan fingerprint density at radius 1 is 1.29 bits per heavy atom. The van der Waals surface area contributed by atoms with E-state index in [-0.39, 0.29) is 5.13 Å². The molecule has 0 aliphatic rings. The minimum Gasteiger partial charge on any atom is -0.342 e. The van der Waals surface area contributed by atoms with Crippen LogP contribution in [0.25, 0.3) is 11.6 Å². The van der Waals surface area contributed by atoms with Crippen LogP contribution < -0.4 is 0 Å². The molecule has 6 heteroatoms. The molecule has 17 heavy (non-hydrogen) atoms. The summed E-state index contributed by atoms with van der Waals surface area (Å²) < 4.78 is 14.8. The quantitative estimate of drug-likeness (QED) is 0.774. The number of imidazole rings is 2. The smallest absolute Gasteiger partial charge is 0.176 e. The second-order valence-corrected chi connectivity index (χ2v) is 4.64. The van der Waals surface area contributed by atoms with Gasteiger partial charge in [-0.15, -0.1) is 11.3 Å². The van der Waals surface area contributed by atoms with E-state index in [0.717, 1.165) is 22.0 Å². The molecule has 0 fully saturated rings. The van der Waals surface area contributed by atoms with Gasteiger partial charge in [0, 0.05) is 29.7 Å². The first-order valence-electron chi connectivity index (χ1n) is 5.08. The molecule has 0 bridgehead atoms. The van der Waals surface area contributed by atoms with Gasteiger partial charge in [0.15, 0.2) is 16.8 Å². The van der Waals surface area contributed by atoms with Gasteiger partial charge < -0.3 is 9.55 Å². The van der Waals surface area contributed by atoms with E-state index in [1.54, 1.807) is 24.7 Å². The number of aromatic nitrogens is 4. The molecule has 3 aromatic heterocycles. The lowest BCUT2D eigenvalue weighted by Gasteiger charge is -2.03. The monoisotopic (exact) mass is 248 g/mol. The van der Waals surface area contributed by atoms with E-state index >= 15 is 0 Å². The van der Waals surface area contributed by atoms with Gasteiger partial charge in [-0.05, 0) is 12.1 Å². The Kier molecular flexibility index (Phi) is 2.49. The minimum atomic E-state index is -0.167. The van der Waals surface area contributed by atoms with Gasteiger partial charge in [0.25, 0.3) is 0 Å². The van der Waals surface area contributed by atoms with Crippen LogP contribution in [0.15, 0.2) is 36.9 Å². The van der Waals surface area contributed by atoms with Crippen LogP contribution >= 0.6 is 11.3 Å². The molecule has 0 unspecified atom stereocenters. The number of nitrogens with zero attached hydrogens (tertiary/aromatic N) is 3. The maximum absolute atomic E-state index is 12.9. The lowest BCUT2D eigenvalue weighted by atomic mass is 10.4. The highest BCUT2D eigenvalue weighted by Crippen LogP contribution is 2.19. The van der Waals surface area contributed by atoms with Crippen LogP contribution in [-0.2, 0) is 6.54 Å². The third-order valence-corrected chi connectivity index (χ3v) is 3.24. The van der Waals surface area contributed by atoms with Gasteiger partial charge in [0.1, 0.15) is 0 Å². The van der Waals surface area contributed by atoms with Crippen LogP contribution in [-0.4, -0.2) is 19.5 Å². The third-order valence-electron chi connectivity index (χ3n) is 2.38. The van der Waals surface area contributed by atoms with Crippen LogP contribution in [0.5, 0.6) is 0 Å². The lowest BCUT2D eigenvalue weighted by Crippen LogP contribution is -2.00. The normalized spacial score (nSPS) is 10.9. The Bertz CT molecular complexity index is 611. The maximum atomic E-state index is 12.9. The predicted molar refractivity (Wildman–Crippen MR) is 63.2 cm³/mol. The molecular formula is C11H9FN4S. The highest BCUT2D eigenvalue weighted by Gasteiger charge is 2.09. The molecule has 3 aromatic rings. The topological polar surface area (TPSA) is 46.5 Å². The molecular weight excluding hydrogens is 239 g/mol. The number of H-pyrrole nitrogens is 1. The Hall–Kier alpha value is -1.95. The first-order chi connectivity index (χ1) is 8.33. The standard InChI is InChI=1S/C11H9FN4S/c12-9-2-1-8(17-9)7-16-6-5-15-11(16)10-13-3-4-14-10/h1-6H,7H2,(H,13,14). The molecule has 1 N–H and O–H groups in total. The average Bonchev–Trinajstić information content (AvgIpc) is 3.00. The molecule has 0 amide bonds. The molecule has 3 heterocycles. The van der Waals surface area contributed by atoms with Crippen molar-refractivity contribution in [2.75, 3.05) is 0 Å². The van der Waals surface area contributed by atoms with Crippen molar-refractivity contribution in [1.82, 2.24) is 19.5 Å². The number of halogens is 1. The van der Waals surface area contributed by atoms with Gasteiger partial charge in [0.05, 0.1) is 6.54 Å². The SMILES string of the molecule is Fc1ccc(Cn2ccnc2-c2ncc[nH]2)s1. The number of hydrogen-bond donors (Lipinski definition) is 1. The summed E-state index contributed by atoms with van der Waals surface area (Å²) in [6, 6.07) is 3.26. The fourth-order valence-electron chi connectivity index (χ4n) is 1.65. The van der Waals surface area contributed by atoms with Gasteiger partial charge in [0.2, 0.25) is 0 Å². The maximum Gasteiger partial charge on any atom is 0.176 e. The molecule has 0 spiro atoms. The largest absolute Gasteiger partial charge is 0.342 e. The molecule has 4 nitrogen and oxygen atoms in total. The summed E-state index contributed by atoms with van der Waals surface area (Å²) in [7, 11) is 0. The number of aromatic amines is 1. The van der Waals surface area contributed by atoms with Crippen molar-refractivity contribution in [3.05, 3.63) is 46.9 Å². The Balaban J connectivity index is 1.92. The summed E-state index contributed by atoms with van der Waals surface area (Å²) in [5.74, 6) is 1.47. The zero-order valence-corrected chi connectivity index (χ0v) is 9.62. The molecule has 0 aliphatic heterocycles. The summed E-state index contributed by atoms with van der Waals surface area (Å²) in [5.41, 5.74) is 0. The van der Waals surface area contributed by atoms with E-state index in [1.165, 1.54) is 6.07 Å². The first kappa shape index (κ1) is 10.2. The first-order valence-corrected chi connectivity index (χ1v) is 5.89. The van der Waals surface area contributed by atoms with E-state index in [9.17, 15) is 4.39 Å². The molecule has 0 saturated heterocycles. The van der Waals surface area contributed by atoms with Crippen LogP contribution in [0.3, 0.4) is 0 Å². The van der Waals surface area contributed by atoms with Crippen LogP contribution in [0.4, 0.5) is 4.39 Å². The van der Waals surface area contributed by atoms with E-state index in [2.05, 4.69) is 15.0 Å². The zero-order valence-electron chi connectivity index (χ0n) is 8.80. The summed E-state index contributed by atoms with van der Waals surface area (Å²) in [4.78, 5) is 12.4. The molecule has 0 atom stereocenters. The Morgan fingerprint density at radius 2 is 2.24 bits per heavy atom. The van der Waals surface area contributed by atoms with Gasteiger partial charge in [-0.25, -0.2) is 9.97 Å². The number of hydrogen-bond acceptors (Lipinski definition) is 3. The van der Waals surface area contributed by atoms with Crippen molar-refractivity contribution < 1.29 is 4.39 Å². The summed E-state index contributed by atoms with van der Waals surface area (Å²) in [6.07, 6.45) is 7.00. The average molecular weight is 248 g/mol. The highest BCUT2D eigenvalue weighted by atomic mass is 32.1. The number of thiophene rings is 1. The third kappa shape index (κ3) is 1.99. The summed E-state index contributed by atoms with van der Waals surface area (Å²) >= 11 is 1.15. The Morgan fingerprint density at radius 3 is 2.94 bits per heavy atom. The molecule has 86 valence electrons. The predicted octanol–water partition coefficient (Wildman–Crippen LogP) is 2.52. The van der Waals surface area contributed by atoms with Crippen molar-refractivity contribution in [3.8, 4) is 11.6 Å². The molecule has 0 radical (unpaired) electrons. The molecule has 0 aromatic carbocycles. The van der Waals surface area contributed by atoms with E-state index in [1.807, 2.05) is 10.8 Å². The van der Waals surface area contributed by atoms with Crippen molar-refractivity contribution in [2.45, 2.75) is 6.54 Å². The van der Waals surface area contributed by atoms with Gasteiger partial charge in [-0.3, -0.25) is 0 Å². The van der Waals surface area contributed by atoms with E-state index in [4.69, 9.17) is 0 Å². The van der Waals surface area contributed by atoms with E-state index in [0.29, 0.717) is 12.4 Å². The van der Waals surface area contributed by atoms with E-state index < -0.39 is 0 Å². The fraction of sp³-hybridized carbons (Fsp3) is 0.0909. The van der Waals surface area contributed by atoms with Crippen LogP contribution in [0, 0.1) is 5.13 Å². The Labute approximate surface area is 101 Å². The molecule has 0 saturated carbocycles. The molecule has 0 aliphatic carbocycles. The van der Waals surface area contributed by atoms with Crippen molar-refractivity contribution in [1.29, 1.82) is 0 Å².